The quantitative estimate of drug-likeness (QED) is 0.801. The maximum absolute atomic E-state index is 12.5. The van der Waals surface area contributed by atoms with Crippen molar-refractivity contribution in [2.75, 3.05) is 18.0 Å². The number of aliphatic hydroxyl groups excluding tert-OH is 1. The lowest BCUT2D eigenvalue weighted by molar-refractivity contribution is -0.137. The highest BCUT2D eigenvalue weighted by atomic mass is 19.4. The van der Waals surface area contributed by atoms with Gasteiger partial charge in [-0.1, -0.05) is 6.07 Å². The van der Waals surface area contributed by atoms with E-state index < -0.39 is 17.8 Å². The Morgan fingerprint density at radius 1 is 1.31 bits per heavy atom. The summed E-state index contributed by atoms with van der Waals surface area (Å²) in [5, 5.41) is 9.33. The van der Waals surface area contributed by atoms with E-state index in [0.29, 0.717) is 25.2 Å². The number of halogens is 3. The number of nitrogens with zero attached hydrogens (tertiary/aromatic N) is 1. The Labute approximate surface area is 91.3 Å². The van der Waals surface area contributed by atoms with E-state index >= 15 is 0 Å². The van der Waals surface area contributed by atoms with Crippen molar-refractivity contribution in [3.8, 4) is 0 Å². The molecule has 0 saturated carbocycles. The largest absolute Gasteiger partial charge is 0.416 e. The first-order chi connectivity index (χ1) is 7.47. The molecular formula is C11H12F3NO. The Balaban J connectivity index is 2.23. The molecule has 1 heterocycles. The predicted molar refractivity (Wildman–Crippen MR) is 54.3 cm³/mol. The third-order valence-electron chi connectivity index (χ3n) is 2.70. The van der Waals surface area contributed by atoms with Crippen molar-refractivity contribution in [2.45, 2.75) is 18.7 Å². The third kappa shape index (κ3) is 2.29. The minimum atomic E-state index is -4.31. The number of β-amino-alcohol motifs (C(OH)–C–C–N with tert-alkyl or cyclic N) is 1. The molecule has 0 spiro atoms. The van der Waals surface area contributed by atoms with Gasteiger partial charge in [0.1, 0.15) is 0 Å². The fourth-order valence-corrected chi connectivity index (χ4v) is 1.86. The fourth-order valence-electron chi connectivity index (χ4n) is 1.86. The Kier molecular flexibility index (Phi) is 2.80. The molecule has 0 unspecified atom stereocenters. The smallest absolute Gasteiger partial charge is 0.391 e. The van der Waals surface area contributed by atoms with Crippen LogP contribution in [0, 0.1) is 0 Å². The van der Waals surface area contributed by atoms with E-state index in [-0.39, 0.29) is 0 Å². The molecule has 1 saturated heterocycles. The Hall–Kier alpha value is -1.23. The molecule has 0 aromatic heterocycles. The summed E-state index contributed by atoms with van der Waals surface area (Å²) in [6, 6.07) is 5.20. The van der Waals surface area contributed by atoms with E-state index in [1.165, 1.54) is 6.07 Å². The number of hydrogen-bond donors (Lipinski definition) is 1. The summed E-state index contributed by atoms with van der Waals surface area (Å²) in [7, 11) is 0. The van der Waals surface area contributed by atoms with E-state index in [1.54, 1.807) is 11.0 Å². The number of hydrogen-bond acceptors (Lipinski definition) is 2. The van der Waals surface area contributed by atoms with Crippen LogP contribution in [0.15, 0.2) is 24.3 Å². The Morgan fingerprint density at radius 3 is 2.62 bits per heavy atom. The van der Waals surface area contributed by atoms with Gasteiger partial charge in [0.2, 0.25) is 0 Å². The number of alkyl halides is 3. The van der Waals surface area contributed by atoms with Gasteiger partial charge in [-0.3, -0.25) is 0 Å². The van der Waals surface area contributed by atoms with Crippen LogP contribution in [0.5, 0.6) is 0 Å². The summed E-state index contributed by atoms with van der Waals surface area (Å²) < 4.78 is 37.4. The molecule has 1 atom stereocenters. The van der Waals surface area contributed by atoms with Crippen LogP contribution in [0.4, 0.5) is 18.9 Å². The van der Waals surface area contributed by atoms with Crippen molar-refractivity contribution < 1.29 is 18.3 Å². The molecule has 0 amide bonds. The molecule has 1 aliphatic heterocycles. The molecule has 16 heavy (non-hydrogen) atoms. The van der Waals surface area contributed by atoms with E-state index in [0.717, 1.165) is 12.1 Å². The van der Waals surface area contributed by atoms with Crippen molar-refractivity contribution in [1.82, 2.24) is 0 Å². The van der Waals surface area contributed by atoms with Crippen molar-refractivity contribution >= 4 is 5.69 Å². The van der Waals surface area contributed by atoms with Crippen LogP contribution in [-0.4, -0.2) is 24.3 Å². The summed E-state index contributed by atoms with van der Waals surface area (Å²) in [4.78, 5) is 1.76. The van der Waals surface area contributed by atoms with Crippen LogP contribution in [-0.2, 0) is 6.18 Å². The summed E-state index contributed by atoms with van der Waals surface area (Å²) in [6.45, 7) is 1.00. The molecular weight excluding hydrogens is 219 g/mol. The number of benzene rings is 1. The fraction of sp³-hybridized carbons (Fsp3) is 0.455. The molecule has 2 rings (SSSR count). The molecule has 0 aliphatic carbocycles. The van der Waals surface area contributed by atoms with Gasteiger partial charge in [-0.2, -0.15) is 13.2 Å². The van der Waals surface area contributed by atoms with Gasteiger partial charge in [0, 0.05) is 18.8 Å². The SMILES string of the molecule is O[C@@H]1CCN(c2cccc(C(F)(F)F)c2)C1. The molecule has 1 aliphatic rings. The molecule has 5 heteroatoms. The van der Waals surface area contributed by atoms with Crippen molar-refractivity contribution in [2.24, 2.45) is 0 Å². The molecule has 1 fully saturated rings. The van der Waals surface area contributed by atoms with E-state index in [2.05, 4.69) is 0 Å². The first kappa shape index (κ1) is 11.3. The van der Waals surface area contributed by atoms with Gasteiger partial charge >= 0.3 is 6.18 Å². The van der Waals surface area contributed by atoms with Crippen LogP contribution >= 0.6 is 0 Å². The lowest BCUT2D eigenvalue weighted by atomic mass is 10.2. The van der Waals surface area contributed by atoms with Gasteiger partial charge in [-0.05, 0) is 24.6 Å². The zero-order valence-corrected chi connectivity index (χ0v) is 8.54. The summed E-state index contributed by atoms with van der Waals surface area (Å²) in [6.07, 6.45) is -4.14. The zero-order valence-electron chi connectivity index (χ0n) is 8.54. The van der Waals surface area contributed by atoms with Gasteiger partial charge < -0.3 is 10.0 Å². The lowest BCUT2D eigenvalue weighted by Crippen LogP contribution is -2.21. The maximum Gasteiger partial charge on any atom is 0.416 e. The Morgan fingerprint density at radius 2 is 2.06 bits per heavy atom. The van der Waals surface area contributed by atoms with Crippen LogP contribution in [0.3, 0.4) is 0 Å². The van der Waals surface area contributed by atoms with E-state index in [1.807, 2.05) is 0 Å². The second kappa shape index (κ2) is 3.97. The van der Waals surface area contributed by atoms with Crippen molar-refractivity contribution in [1.29, 1.82) is 0 Å². The molecule has 1 aromatic carbocycles. The highest BCUT2D eigenvalue weighted by Crippen LogP contribution is 2.32. The van der Waals surface area contributed by atoms with Gasteiger partial charge in [-0.25, -0.2) is 0 Å². The average molecular weight is 231 g/mol. The van der Waals surface area contributed by atoms with Crippen LogP contribution in [0.25, 0.3) is 0 Å². The second-order valence-electron chi connectivity index (χ2n) is 3.94. The Bertz CT molecular complexity index is 378. The minimum Gasteiger partial charge on any atom is -0.391 e. The lowest BCUT2D eigenvalue weighted by Gasteiger charge is -2.19. The van der Waals surface area contributed by atoms with Crippen molar-refractivity contribution in [3.63, 3.8) is 0 Å². The van der Waals surface area contributed by atoms with Crippen LogP contribution in [0.1, 0.15) is 12.0 Å². The second-order valence-corrected chi connectivity index (χ2v) is 3.94. The first-order valence-corrected chi connectivity index (χ1v) is 5.07. The van der Waals surface area contributed by atoms with E-state index in [4.69, 9.17) is 0 Å². The van der Waals surface area contributed by atoms with Crippen molar-refractivity contribution in [3.05, 3.63) is 29.8 Å². The summed E-state index contributed by atoms with van der Waals surface area (Å²) >= 11 is 0. The monoisotopic (exact) mass is 231 g/mol. The standard InChI is InChI=1S/C11H12F3NO/c12-11(13,14)8-2-1-3-9(6-8)15-5-4-10(16)7-15/h1-3,6,10,16H,4-5,7H2/t10-/m1/s1. The zero-order chi connectivity index (χ0) is 11.8. The third-order valence-corrected chi connectivity index (χ3v) is 2.70. The van der Waals surface area contributed by atoms with Crippen LogP contribution in [0.2, 0.25) is 0 Å². The topological polar surface area (TPSA) is 23.5 Å². The van der Waals surface area contributed by atoms with Crippen LogP contribution < -0.4 is 4.90 Å². The molecule has 2 nitrogen and oxygen atoms in total. The highest BCUT2D eigenvalue weighted by molar-refractivity contribution is 5.50. The number of aliphatic hydroxyl groups is 1. The van der Waals surface area contributed by atoms with Gasteiger partial charge in [0.15, 0.2) is 0 Å². The number of anilines is 1. The summed E-state index contributed by atoms with van der Waals surface area (Å²) in [5.41, 5.74) is -0.127. The highest BCUT2D eigenvalue weighted by Gasteiger charge is 2.31. The maximum atomic E-state index is 12.5. The molecule has 1 aromatic rings. The average Bonchev–Trinajstić information content (AvgIpc) is 2.64. The van der Waals surface area contributed by atoms with Gasteiger partial charge in [0.25, 0.3) is 0 Å². The summed E-state index contributed by atoms with van der Waals surface area (Å²) in [5.74, 6) is 0. The van der Waals surface area contributed by atoms with Gasteiger partial charge in [0.05, 0.1) is 11.7 Å². The van der Waals surface area contributed by atoms with Gasteiger partial charge in [-0.15, -0.1) is 0 Å². The minimum absolute atomic E-state index is 0.404. The number of rotatable bonds is 1. The molecule has 1 N–H and O–H groups in total. The molecule has 0 radical (unpaired) electrons. The molecule has 88 valence electrons. The first-order valence-electron chi connectivity index (χ1n) is 5.07. The predicted octanol–water partition coefficient (Wildman–Crippen LogP) is 2.28. The van der Waals surface area contributed by atoms with E-state index in [9.17, 15) is 18.3 Å². The molecule has 0 bridgehead atoms. The normalized spacial score (nSPS) is 21.5.